The highest BCUT2D eigenvalue weighted by Crippen LogP contribution is 2.20. The molecule has 126 valence electrons. The number of carbonyl (C=O) groups excluding carboxylic acids is 1. The molecule has 0 atom stereocenters. The van der Waals surface area contributed by atoms with E-state index in [1.165, 1.54) is 11.1 Å². The van der Waals surface area contributed by atoms with Crippen LogP contribution >= 0.6 is 0 Å². The van der Waals surface area contributed by atoms with Gasteiger partial charge in [-0.05, 0) is 41.8 Å². The van der Waals surface area contributed by atoms with Crippen LogP contribution in [0.4, 0.5) is 5.69 Å². The molecule has 0 saturated carbocycles. The third-order valence-electron chi connectivity index (χ3n) is 4.45. The van der Waals surface area contributed by atoms with Crippen LogP contribution in [0.1, 0.15) is 27.4 Å². The average Bonchev–Trinajstić information content (AvgIpc) is 3.19. The zero-order valence-corrected chi connectivity index (χ0v) is 13.8. The molecular weight excluding hydrogens is 314 g/mol. The fourth-order valence-corrected chi connectivity index (χ4v) is 3.06. The summed E-state index contributed by atoms with van der Waals surface area (Å²) in [6, 6.07) is 15.7. The molecule has 3 heterocycles. The summed E-state index contributed by atoms with van der Waals surface area (Å²) in [5.74, 6) is 0.833. The van der Waals surface area contributed by atoms with Crippen molar-refractivity contribution in [2.45, 2.75) is 19.5 Å². The Bertz CT molecular complexity index is 857. The van der Waals surface area contributed by atoms with Crippen molar-refractivity contribution in [3.8, 4) is 0 Å². The predicted octanol–water partition coefficient (Wildman–Crippen LogP) is 3.49. The van der Waals surface area contributed by atoms with Crippen molar-refractivity contribution >= 4 is 11.6 Å². The first kappa shape index (κ1) is 15.4. The van der Waals surface area contributed by atoms with Gasteiger partial charge >= 0.3 is 0 Å². The number of aromatic nitrogens is 1. The first-order valence-corrected chi connectivity index (χ1v) is 8.38. The van der Waals surface area contributed by atoms with Crippen molar-refractivity contribution in [2.24, 2.45) is 0 Å². The Morgan fingerprint density at radius 3 is 2.76 bits per heavy atom. The summed E-state index contributed by atoms with van der Waals surface area (Å²) < 4.78 is 5.28. The Kier molecular flexibility index (Phi) is 4.21. The number of rotatable bonds is 4. The van der Waals surface area contributed by atoms with E-state index in [1.54, 1.807) is 18.5 Å². The lowest BCUT2D eigenvalue weighted by molar-refractivity contribution is 0.0729. The Balaban J connectivity index is 1.41. The number of pyridine rings is 1. The van der Waals surface area contributed by atoms with Gasteiger partial charge in [-0.3, -0.25) is 4.79 Å². The highest BCUT2D eigenvalue weighted by Gasteiger charge is 2.22. The molecule has 1 aliphatic rings. The van der Waals surface area contributed by atoms with Crippen LogP contribution in [0.25, 0.3) is 0 Å². The van der Waals surface area contributed by atoms with Crippen molar-refractivity contribution in [1.29, 1.82) is 0 Å². The largest absolute Gasteiger partial charge is 0.467 e. The minimum absolute atomic E-state index is 0.0212. The summed E-state index contributed by atoms with van der Waals surface area (Å²) in [7, 11) is 0. The number of furan rings is 1. The van der Waals surface area contributed by atoms with Crippen LogP contribution in [0.3, 0.4) is 0 Å². The Morgan fingerprint density at radius 2 is 2.00 bits per heavy atom. The maximum absolute atomic E-state index is 12.7. The maximum atomic E-state index is 12.7. The molecule has 4 rings (SSSR count). The van der Waals surface area contributed by atoms with Gasteiger partial charge in [0.15, 0.2) is 0 Å². The van der Waals surface area contributed by atoms with Crippen LogP contribution in [-0.2, 0) is 19.5 Å². The SMILES string of the molecule is O=C(c1ccc(NCc2ccco2)cn1)N1CCc2ccccc2C1. The molecule has 0 unspecified atom stereocenters. The molecule has 0 bridgehead atoms. The molecule has 1 N–H and O–H groups in total. The zero-order chi connectivity index (χ0) is 17.1. The van der Waals surface area contributed by atoms with Crippen molar-refractivity contribution in [2.75, 3.05) is 11.9 Å². The van der Waals surface area contributed by atoms with Crippen molar-refractivity contribution in [1.82, 2.24) is 9.88 Å². The molecular formula is C20H19N3O2. The van der Waals surface area contributed by atoms with Crippen LogP contribution < -0.4 is 5.32 Å². The first-order chi connectivity index (χ1) is 12.3. The van der Waals surface area contributed by atoms with E-state index in [0.717, 1.165) is 24.4 Å². The van der Waals surface area contributed by atoms with E-state index in [0.29, 0.717) is 18.8 Å². The fraction of sp³-hybridized carbons (Fsp3) is 0.200. The lowest BCUT2D eigenvalue weighted by Crippen LogP contribution is -2.36. The van der Waals surface area contributed by atoms with Crippen LogP contribution in [-0.4, -0.2) is 22.3 Å². The van der Waals surface area contributed by atoms with Crippen molar-refractivity contribution in [3.05, 3.63) is 83.6 Å². The Hall–Kier alpha value is -3.08. The second-order valence-electron chi connectivity index (χ2n) is 6.11. The van der Waals surface area contributed by atoms with E-state index in [9.17, 15) is 4.79 Å². The molecule has 3 aromatic rings. The molecule has 1 amide bonds. The molecule has 5 heteroatoms. The van der Waals surface area contributed by atoms with Gasteiger partial charge in [-0.2, -0.15) is 0 Å². The Labute approximate surface area is 146 Å². The number of nitrogens with one attached hydrogen (secondary N) is 1. The lowest BCUT2D eigenvalue weighted by Gasteiger charge is -2.28. The van der Waals surface area contributed by atoms with E-state index in [2.05, 4.69) is 22.4 Å². The van der Waals surface area contributed by atoms with Crippen molar-refractivity contribution in [3.63, 3.8) is 0 Å². The number of anilines is 1. The third-order valence-corrected chi connectivity index (χ3v) is 4.45. The molecule has 2 aromatic heterocycles. The average molecular weight is 333 g/mol. The van der Waals surface area contributed by atoms with Gasteiger partial charge in [0.05, 0.1) is 24.7 Å². The van der Waals surface area contributed by atoms with Gasteiger partial charge in [0.25, 0.3) is 5.91 Å². The molecule has 0 fully saturated rings. The molecule has 0 radical (unpaired) electrons. The van der Waals surface area contributed by atoms with E-state index >= 15 is 0 Å². The summed E-state index contributed by atoms with van der Waals surface area (Å²) >= 11 is 0. The molecule has 25 heavy (non-hydrogen) atoms. The number of hydrogen-bond donors (Lipinski definition) is 1. The second-order valence-corrected chi connectivity index (χ2v) is 6.11. The van der Waals surface area contributed by atoms with E-state index < -0.39 is 0 Å². The minimum atomic E-state index is -0.0212. The number of amides is 1. The van der Waals surface area contributed by atoms with Gasteiger partial charge in [0.1, 0.15) is 11.5 Å². The first-order valence-electron chi connectivity index (χ1n) is 8.38. The van der Waals surface area contributed by atoms with Gasteiger partial charge < -0.3 is 14.6 Å². The van der Waals surface area contributed by atoms with Gasteiger partial charge in [-0.15, -0.1) is 0 Å². The highest BCUT2D eigenvalue weighted by atomic mass is 16.3. The summed E-state index contributed by atoms with van der Waals surface area (Å²) in [6.07, 6.45) is 4.23. The van der Waals surface area contributed by atoms with Crippen molar-refractivity contribution < 1.29 is 9.21 Å². The predicted molar refractivity (Wildman–Crippen MR) is 95.2 cm³/mol. The minimum Gasteiger partial charge on any atom is -0.467 e. The molecule has 0 aliphatic carbocycles. The number of hydrogen-bond acceptors (Lipinski definition) is 4. The molecule has 1 aromatic carbocycles. The number of fused-ring (bicyclic) bond motifs is 1. The van der Waals surface area contributed by atoms with Crippen LogP contribution in [0, 0.1) is 0 Å². The quantitative estimate of drug-likeness (QED) is 0.794. The molecule has 1 aliphatic heterocycles. The fourth-order valence-electron chi connectivity index (χ4n) is 3.06. The molecule has 5 nitrogen and oxygen atoms in total. The maximum Gasteiger partial charge on any atom is 0.272 e. The lowest BCUT2D eigenvalue weighted by atomic mass is 10.00. The third kappa shape index (κ3) is 3.40. The summed E-state index contributed by atoms with van der Waals surface area (Å²) in [5, 5.41) is 3.22. The number of carbonyl (C=O) groups is 1. The topological polar surface area (TPSA) is 58.4 Å². The van der Waals surface area contributed by atoms with Crippen LogP contribution in [0.2, 0.25) is 0 Å². The summed E-state index contributed by atoms with van der Waals surface area (Å²) in [4.78, 5) is 18.9. The standard InChI is InChI=1S/C20H19N3O2/c24-20(23-10-9-15-4-1-2-5-16(15)14-23)19-8-7-17(12-22-19)21-13-18-6-3-11-25-18/h1-8,11-12,21H,9-10,13-14H2. The summed E-state index contributed by atoms with van der Waals surface area (Å²) in [6.45, 7) is 1.97. The van der Waals surface area contributed by atoms with Crippen LogP contribution in [0.15, 0.2) is 65.4 Å². The van der Waals surface area contributed by atoms with Crippen LogP contribution in [0.5, 0.6) is 0 Å². The molecule has 0 saturated heterocycles. The summed E-state index contributed by atoms with van der Waals surface area (Å²) in [5.41, 5.74) is 3.88. The van der Waals surface area contributed by atoms with Gasteiger partial charge in [-0.1, -0.05) is 24.3 Å². The Morgan fingerprint density at radius 1 is 1.12 bits per heavy atom. The zero-order valence-electron chi connectivity index (χ0n) is 13.8. The highest BCUT2D eigenvalue weighted by molar-refractivity contribution is 5.92. The van der Waals surface area contributed by atoms with Gasteiger partial charge in [-0.25, -0.2) is 4.98 Å². The molecule has 0 spiro atoms. The van der Waals surface area contributed by atoms with Gasteiger partial charge in [0, 0.05) is 13.1 Å². The monoisotopic (exact) mass is 333 g/mol. The van der Waals surface area contributed by atoms with E-state index in [4.69, 9.17) is 4.42 Å². The normalized spacial score (nSPS) is 13.4. The smallest absolute Gasteiger partial charge is 0.272 e. The van der Waals surface area contributed by atoms with E-state index in [1.807, 2.05) is 35.2 Å². The van der Waals surface area contributed by atoms with Gasteiger partial charge in [0.2, 0.25) is 0 Å². The number of benzene rings is 1. The second kappa shape index (κ2) is 6.81. The van der Waals surface area contributed by atoms with E-state index in [-0.39, 0.29) is 5.91 Å². The number of nitrogens with zero attached hydrogens (tertiary/aromatic N) is 2.